The van der Waals surface area contributed by atoms with Crippen molar-refractivity contribution in [2.24, 2.45) is 0 Å². The zero-order valence-corrected chi connectivity index (χ0v) is 13.2. The van der Waals surface area contributed by atoms with Crippen LogP contribution in [0.5, 0.6) is 0 Å². The van der Waals surface area contributed by atoms with E-state index in [9.17, 15) is 4.79 Å². The first-order valence-corrected chi connectivity index (χ1v) is 7.52. The molecule has 2 atom stereocenters. The van der Waals surface area contributed by atoms with Gasteiger partial charge in [-0.1, -0.05) is 0 Å². The molecule has 0 aromatic heterocycles. The van der Waals surface area contributed by atoms with Gasteiger partial charge >= 0.3 is 6.03 Å². The molecule has 21 heavy (non-hydrogen) atoms. The summed E-state index contributed by atoms with van der Waals surface area (Å²) in [7, 11) is 0. The van der Waals surface area contributed by atoms with E-state index >= 15 is 0 Å². The molecule has 2 rings (SSSR count). The number of morpholine rings is 1. The molecule has 1 heterocycles. The second-order valence-corrected chi connectivity index (χ2v) is 5.96. The van der Waals surface area contributed by atoms with Gasteiger partial charge in [-0.3, -0.25) is 0 Å². The van der Waals surface area contributed by atoms with E-state index in [1.807, 2.05) is 38.1 Å². The number of urea groups is 1. The first-order chi connectivity index (χ1) is 9.94. The van der Waals surface area contributed by atoms with Gasteiger partial charge in [0.15, 0.2) is 0 Å². The summed E-state index contributed by atoms with van der Waals surface area (Å²) < 4.78 is 5.74. The number of carbonyl (C=O) groups excluding carboxylic acids is 1. The number of benzene rings is 1. The second-order valence-electron chi connectivity index (χ2n) is 5.96. The molecule has 2 N–H and O–H groups in total. The highest BCUT2D eigenvalue weighted by Crippen LogP contribution is 2.22. The number of carbonyl (C=O) groups is 1. The van der Waals surface area contributed by atoms with Crippen LogP contribution in [-0.4, -0.2) is 37.4 Å². The third-order valence-corrected chi connectivity index (χ3v) is 3.33. The van der Waals surface area contributed by atoms with Crippen LogP contribution in [0.25, 0.3) is 0 Å². The minimum absolute atomic E-state index is 0.126. The van der Waals surface area contributed by atoms with Crippen molar-refractivity contribution in [3.63, 3.8) is 0 Å². The van der Waals surface area contributed by atoms with Crippen molar-refractivity contribution in [1.82, 2.24) is 5.32 Å². The molecule has 5 heteroatoms. The fourth-order valence-electron chi connectivity index (χ4n) is 2.57. The summed E-state index contributed by atoms with van der Waals surface area (Å²) in [4.78, 5) is 14.0. The normalized spacial score (nSPS) is 22.2. The van der Waals surface area contributed by atoms with Crippen molar-refractivity contribution < 1.29 is 9.53 Å². The highest BCUT2D eigenvalue weighted by Gasteiger charge is 2.22. The zero-order valence-electron chi connectivity index (χ0n) is 13.2. The minimum atomic E-state index is -0.175. The SMILES string of the molecule is CC(C)NC(=O)Nc1ccc(N2C[C@@H](C)O[C@H](C)C2)cc1. The standard InChI is InChI=1S/C16H25N3O2/c1-11(2)17-16(20)18-14-5-7-15(8-6-14)19-9-12(3)21-13(4)10-19/h5-8,11-13H,9-10H2,1-4H3,(H2,17,18,20)/t12-,13-/m1/s1. The molecule has 116 valence electrons. The lowest BCUT2D eigenvalue weighted by molar-refractivity contribution is -0.00521. The molecular weight excluding hydrogens is 266 g/mol. The fourth-order valence-corrected chi connectivity index (χ4v) is 2.57. The third kappa shape index (κ3) is 4.63. The number of nitrogens with zero attached hydrogens (tertiary/aromatic N) is 1. The van der Waals surface area contributed by atoms with E-state index in [4.69, 9.17) is 4.74 Å². The van der Waals surface area contributed by atoms with E-state index in [1.54, 1.807) is 0 Å². The Morgan fingerprint density at radius 1 is 1.19 bits per heavy atom. The summed E-state index contributed by atoms with van der Waals surface area (Å²) in [6.45, 7) is 9.84. The lowest BCUT2D eigenvalue weighted by atomic mass is 10.2. The third-order valence-electron chi connectivity index (χ3n) is 3.33. The lowest BCUT2D eigenvalue weighted by Crippen LogP contribution is -2.45. The Bertz CT molecular complexity index is 463. The van der Waals surface area contributed by atoms with Crippen molar-refractivity contribution in [2.75, 3.05) is 23.3 Å². The van der Waals surface area contributed by atoms with Gasteiger partial charge < -0.3 is 20.3 Å². The van der Waals surface area contributed by atoms with Gasteiger partial charge in [0.05, 0.1) is 12.2 Å². The number of anilines is 2. The van der Waals surface area contributed by atoms with Crippen LogP contribution in [-0.2, 0) is 4.74 Å². The van der Waals surface area contributed by atoms with Crippen LogP contribution in [0.2, 0.25) is 0 Å². The quantitative estimate of drug-likeness (QED) is 0.900. The first-order valence-electron chi connectivity index (χ1n) is 7.52. The Kier molecular flexibility index (Phi) is 5.07. The van der Waals surface area contributed by atoms with Crippen molar-refractivity contribution in [1.29, 1.82) is 0 Å². The van der Waals surface area contributed by atoms with E-state index in [-0.39, 0.29) is 24.3 Å². The summed E-state index contributed by atoms with van der Waals surface area (Å²) in [5.74, 6) is 0. The average Bonchev–Trinajstić information content (AvgIpc) is 2.37. The molecule has 1 aliphatic rings. The van der Waals surface area contributed by atoms with Crippen LogP contribution in [0, 0.1) is 0 Å². The topological polar surface area (TPSA) is 53.6 Å². The van der Waals surface area contributed by atoms with Gasteiger partial charge in [0.25, 0.3) is 0 Å². The molecule has 1 aromatic carbocycles. The Balaban J connectivity index is 1.97. The molecule has 2 amide bonds. The molecule has 0 saturated carbocycles. The molecular formula is C16H25N3O2. The molecule has 5 nitrogen and oxygen atoms in total. The maximum absolute atomic E-state index is 11.6. The maximum Gasteiger partial charge on any atom is 0.319 e. The lowest BCUT2D eigenvalue weighted by Gasteiger charge is -2.36. The zero-order chi connectivity index (χ0) is 15.4. The molecule has 0 unspecified atom stereocenters. The van der Waals surface area contributed by atoms with E-state index in [1.165, 1.54) is 0 Å². The molecule has 1 fully saturated rings. The summed E-state index contributed by atoms with van der Waals surface area (Å²) in [5, 5.41) is 5.63. The van der Waals surface area contributed by atoms with Gasteiger partial charge in [-0.05, 0) is 52.0 Å². The summed E-state index contributed by atoms with van der Waals surface area (Å²) in [6.07, 6.45) is 0.478. The first kappa shape index (κ1) is 15.6. The molecule has 0 bridgehead atoms. The van der Waals surface area contributed by atoms with Crippen LogP contribution in [0.15, 0.2) is 24.3 Å². The van der Waals surface area contributed by atoms with E-state index in [2.05, 4.69) is 29.4 Å². The van der Waals surface area contributed by atoms with Crippen molar-refractivity contribution >= 4 is 17.4 Å². The van der Waals surface area contributed by atoms with E-state index in [0.29, 0.717) is 0 Å². The number of ether oxygens (including phenoxy) is 1. The van der Waals surface area contributed by atoms with E-state index < -0.39 is 0 Å². The highest BCUT2D eigenvalue weighted by molar-refractivity contribution is 5.89. The van der Waals surface area contributed by atoms with Crippen LogP contribution in [0.4, 0.5) is 16.2 Å². The predicted molar refractivity (Wildman–Crippen MR) is 86.0 cm³/mol. The molecule has 0 aliphatic carbocycles. The van der Waals surface area contributed by atoms with Gasteiger partial charge in [0, 0.05) is 30.5 Å². The number of hydrogen-bond acceptors (Lipinski definition) is 3. The fraction of sp³-hybridized carbons (Fsp3) is 0.562. The Labute approximate surface area is 126 Å². The number of amides is 2. The maximum atomic E-state index is 11.6. The van der Waals surface area contributed by atoms with Crippen LogP contribution >= 0.6 is 0 Å². The monoisotopic (exact) mass is 291 g/mol. The molecule has 0 radical (unpaired) electrons. The van der Waals surface area contributed by atoms with Crippen molar-refractivity contribution in [3.05, 3.63) is 24.3 Å². The van der Waals surface area contributed by atoms with Gasteiger partial charge in [-0.15, -0.1) is 0 Å². The number of rotatable bonds is 3. The minimum Gasteiger partial charge on any atom is -0.372 e. The number of nitrogens with one attached hydrogen (secondary N) is 2. The van der Waals surface area contributed by atoms with Gasteiger partial charge in [-0.2, -0.15) is 0 Å². The Morgan fingerprint density at radius 3 is 2.29 bits per heavy atom. The molecule has 1 aliphatic heterocycles. The Morgan fingerprint density at radius 2 is 1.76 bits per heavy atom. The van der Waals surface area contributed by atoms with Gasteiger partial charge in [-0.25, -0.2) is 4.79 Å². The molecule has 1 aromatic rings. The summed E-state index contributed by atoms with van der Waals surface area (Å²) in [5.41, 5.74) is 1.96. The highest BCUT2D eigenvalue weighted by atomic mass is 16.5. The van der Waals surface area contributed by atoms with Gasteiger partial charge in [0.1, 0.15) is 0 Å². The van der Waals surface area contributed by atoms with Crippen LogP contribution in [0.3, 0.4) is 0 Å². The largest absolute Gasteiger partial charge is 0.372 e. The van der Waals surface area contributed by atoms with Crippen molar-refractivity contribution in [2.45, 2.75) is 45.9 Å². The summed E-state index contributed by atoms with van der Waals surface area (Å²) in [6, 6.07) is 7.89. The molecule has 1 saturated heterocycles. The van der Waals surface area contributed by atoms with Gasteiger partial charge in [0.2, 0.25) is 0 Å². The number of hydrogen-bond donors (Lipinski definition) is 2. The van der Waals surface area contributed by atoms with E-state index in [0.717, 1.165) is 24.5 Å². The average molecular weight is 291 g/mol. The Hall–Kier alpha value is -1.75. The summed E-state index contributed by atoms with van der Waals surface area (Å²) >= 11 is 0. The van der Waals surface area contributed by atoms with Crippen molar-refractivity contribution in [3.8, 4) is 0 Å². The smallest absolute Gasteiger partial charge is 0.319 e. The molecule has 0 spiro atoms. The van der Waals surface area contributed by atoms with Crippen LogP contribution in [0.1, 0.15) is 27.7 Å². The van der Waals surface area contributed by atoms with Crippen LogP contribution < -0.4 is 15.5 Å². The second kappa shape index (κ2) is 6.80. The predicted octanol–water partition coefficient (Wildman–Crippen LogP) is 2.83.